The first-order chi connectivity index (χ1) is 9.88. The van der Waals surface area contributed by atoms with Gasteiger partial charge >= 0.3 is 0 Å². The lowest BCUT2D eigenvalue weighted by molar-refractivity contribution is 0.532. The maximum atomic E-state index is 4.91. The van der Waals surface area contributed by atoms with Gasteiger partial charge in [-0.25, -0.2) is 9.97 Å². The topological polar surface area (TPSA) is 41.1 Å². The Morgan fingerprint density at radius 2 is 1.90 bits per heavy atom. The van der Waals surface area contributed by atoms with Gasteiger partial charge in [0.25, 0.3) is 0 Å². The second kappa shape index (κ2) is 6.53. The Hall–Kier alpha value is -1.16. The average Bonchev–Trinajstić information content (AvgIpc) is 2.87. The van der Waals surface area contributed by atoms with Gasteiger partial charge in [0.05, 0.1) is 5.69 Å². The summed E-state index contributed by atoms with van der Waals surface area (Å²) in [6.45, 7) is 2.24. The molecule has 1 unspecified atom stereocenters. The van der Waals surface area contributed by atoms with Crippen molar-refractivity contribution in [2.24, 2.45) is 0 Å². The Kier molecular flexibility index (Phi) is 4.51. The van der Waals surface area contributed by atoms with E-state index < -0.39 is 0 Å². The van der Waals surface area contributed by atoms with Crippen molar-refractivity contribution in [3.63, 3.8) is 0 Å². The fraction of sp³-hybridized carbons (Fsp3) is 0.750. The standard InChI is InChI=1S/C16H26N4/c1-17-14-8-4-5-9-15-13(14)12-18-16(19-15)20-10-6-2-3-7-11-20/h12,14,17H,2-11H2,1H3. The minimum Gasteiger partial charge on any atom is -0.341 e. The van der Waals surface area contributed by atoms with Crippen LogP contribution in [0.4, 0.5) is 5.95 Å². The molecule has 0 radical (unpaired) electrons. The smallest absolute Gasteiger partial charge is 0.225 e. The molecule has 4 heteroatoms. The summed E-state index contributed by atoms with van der Waals surface area (Å²) in [6, 6.07) is 0.436. The van der Waals surface area contributed by atoms with Crippen LogP contribution in [0.3, 0.4) is 0 Å². The quantitative estimate of drug-likeness (QED) is 0.842. The molecule has 1 fully saturated rings. The summed E-state index contributed by atoms with van der Waals surface area (Å²) < 4.78 is 0. The molecular weight excluding hydrogens is 248 g/mol. The van der Waals surface area contributed by atoms with Gasteiger partial charge in [0.15, 0.2) is 0 Å². The number of hydrogen-bond donors (Lipinski definition) is 1. The van der Waals surface area contributed by atoms with Crippen LogP contribution in [0.1, 0.15) is 62.2 Å². The summed E-state index contributed by atoms with van der Waals surface area (Å²) in [6.07, 6.45) is 12.2. The van der Waals surface area contributed by atoms with Gasteiger partial charge in [0.2, 0.25) is 5.95 Å². The van der Waals surface area contributed by atoms with Crippen LogP contribution in [0.2, 0.25) is 0 Å². The number of aromatic nitrogens is 2. The van der Waals surface area contributed by atoms with Gasteiger partial charge in [-0.3, -0.25) is 0 Å². The molecule has 0 aromatic carbocycles. The fourth-order valence-electron chi connectivity index (χ4n) is 3.43. The Labute approximate surface area is 122 Å². The molecule has 0 saturated carbocycles. The molecule has 1 atom stereocenters. The number of aryl methyl sites for hydroxylation is 1. The SMILES string of the molecule is CNC1CCCCc2nc(N3CCCCCC3)ncc21. The zero-order chi connectivity index (χ0) is 13.8. The zero-order valence-corrected chi connectivity index (χ0v) is 12.6. The summed E-state index contributed by atoms with van der Waals surface area (Å²) in [5.74, 6) is 0.961. The van der Waals surface area contributed by atoms with Gasteiger partial charge in [-0.05, 0) is 39.2 Å². The Morgan fingerprint density at radius 3 is 2.65 bits per heavy atom. The highest BCUT2D eigenvalue weighted by atomic mass is 15.2. The van der Waals surface area contributed by atoms with E-state index in [1.807, 2.05) is 7.05 Å². The number of hydrogen-bond acceptors (Lipinski definition) is 4. The molecule has 1 aliphatic carbocycles. The Bertz CT molecular complexity index is 438. The van der Waals surface area contributed by atoms with Crippen molar-refractivity contribution in [2.75, 3.05) is 25.0 Å². The van der Waals surface area contributed by atoms with E-state index in [9.17, 15) is 0 Å². The van der Waals surface area contributed by atoms with Crippen LogP contribution in [0.25, 0.3) is 0 Å². The van der Waals surface area contributed by atoms with E-state index in [1.54, 1.807) is 0 Å². The van der Waals surface area contributed by atoms with Gasteiger partial charge in [-0.1, -0.05) is 19.3 Å². The molecule has 2 aliphatic rings. The highest BCUT2D eigenvalue weighted by molar-refractivity contribution is 5.35. The minimum atomic E-state index is 0.436. The zero-order valence-electron chi connectivity index (χ0n) is 12.6. The molecule has 20 heavy (non-hydrogen) atoms. The lowest BCUT2D eigenvalue weighted by atomic mass is 10.1. The van der Waals surface area contributed by atoms with E-state index in [1.165, 1.54) is 56.2 Å². The monoisotopic (exact) mass is 274 g/mol. The first-order valence-corrected chi connectivity index (χ1v) is 8.16. The third-order valence-corrected chi connectivity index (χ3v) is 4.66. The van der Waals surface area contributed by atoms with E-state index in [2.05, 4.69) is 21.4 Å². The fourth-order valence-corrected chi connectivity index (χ4v) is 3.43. The lowest BCUT2D eigenvalue weighted by Gasteiger charge is -2.22. The second-order valence-electron chi connectivity index (χ2n) is 6.06. The molecule has 3 rings (SSSR count). The van der Waals surface area contributed by atoms with E-state index in [0.717, 1.165) is 25.5 Å². The number of fused-ring (bicyclic) bond motifs is 1. The van der Waals surface area contributed by atoms with Crippen LogP contribution in [0, 0.1) is 0 Å². The van der Waals surface area contributed by atoms with E-state index in [-0.39, 0.29) is 0 Å². The molecule has 4 nitrogen and oxygen atoms in total. The Balaban J connectivity index is 1.85. The van der Waals surface area contributed by atoms with Crippen molar-refractivity contribution in [3.05, 3.63) is 17.5 Å². The summed E-state index contributed by atoms with van der Waals surface area (Å²) >= 11 is 0. The molecule has 110 valence electrons. The largest absolute Gasteiger partial charge is 0.341 e. The van der Waals surface area contributed by atoms with E-state index >= 15 is 0 Å². The predicted octanol–water partition coefficient (Wildman–Crippen LogP) is 2.84. The highest BCUT2D eigenvalue weighted by Gasteiger charge is 2.21. The van der Waals surface area contributed by atoms with Gasteiger partial charge < -0.3 is 10.2 Å². The van der Waals surface area contributed by atoms with E-state index in [0.29, 0.717) is 6.04 Å². The van der Waals surface area contributed by atoms with Gasteiger partial charge in [0, 0.05) is 30.9 Å². The summed E-state index contributed by atoms with van der Waals surface area (Å²) in [4.78, 5) is 12.0. The molecular formula is C16H26N4. The second-order valence-corrected chi connectivity index (χ2v) is 6.06. The van der Waals surface area contributed by atoms with Gasteiger partial charge in [-0.2, -0.15) is 0 Å². The predicted molar refractivity (Wildman–Crippen MR) is 82.1 cm³/mol. The molecule has 1 saturated heterocycles. The maximum Gasteiger partial charge on any atom is 0.225 e. The number of anilines is 1. The van der Waals surface area contributed by atoms with Crippen LogP contribution in [-0.4, -0.2) is 30.1 Å². The van der Waals surface area contributed by atoms with Crippen molar-refractivity contribution < 1.29 is 0 Å². The van der Waals surface area contributed by atoms with Crippen molar-refractivity contribution in [2.45, 2.75) is 57.4 Å². The normalized spacial score (nSPS) is 23.9. The van der Waals surface area contributed by atoms with Crippen molar-refractivity contribution in [1.29, 1.82) is 0 Å². The molecule has 1 aliphatic heterocycles. The summed E-state index contributed by atoms with van der Waals surface area (Å²) in [5, 5.41) is 3.42. The molecule has 2 heterocycles. The first-order valence-electron chi connectivity index (χ1n) is 8.16. The van der Waals surface area contributed by atoms with Crippen LogP contribution in [0.15, 0.2) is 6.20 Å². The first kappa shape index (κ1) is 13.8. The average molecular weight is 274 g/mol. The molecule has 1 aromatic heterocycles. The molecule has 1 N–H and O–H groups in total. The van der Waals surface area contributed by atoms with Gasteiger partial charge in [-0.15, -0.1) is 0 Å². The van der Waals surface area contributed by atoms with Crippen LogP contribution in [-0.2, 0) is 6.42 Å². The van der Waals surface area contributed by atoms with Crippen LogP contribution in [0.5, 0.6) is 0 Å². The highest BCUT2D eigenvalue weighted by Crippen LogP contribution is 2.28. The Morgan fingerprint density at radius 1 is 1.10 bits per heavy atom. The molecule has 1 aromatic rings. The minimum absolute atomic E-state index is 0.436. The van der Waals surface area contributed by atoms with Crippen molar-refractivity contribution in [1.82, 2.24) is 15.3 Å². The molecule has 0 bridgehead atoms. The maximum absolute atomic E-state index is 4.91. The third-order valence-electron chi connectivity index (χ3n) is 4.66. The lowest BCUT2D eigenvalue weighted by Crippen LogP contribution is -2.27. The number of nitrogens with one attached hydrogen (secondary N) is 1. The summed E-state index contributed by atoms with van der Waals surface area (Å²) in [7, 11) is 2.04. The third kappa shape index (κ3) is 2.95. The molecule has 0 spiro atoms. The molecule has 0 amide bonds. The number of rotatable bonds is 2. The van der Waals surface area contributed by atoms with Crippen LogP contribution >= 0.6 is 0 Å². The van der Waals surface area contributed by atoms with Gasteiger partial charge in [0.1, 0.15) is 0 Å². The summed E-state index contributed by atoms with van der Waals surface area (Å²) in [5.41, 5.74) is 2.60. The van der Waals surface area contributed by atoms with Crippen molar-refractivity contribution >= 4 is 5.95 Å². The number of nitrogens with zero attached hydrogens (tertiary/aromatic N) is 3. The van der Waals surface area contributed by atoms with Crippen LogP contribution < -0.4 is 10.2 Å². The van der Waals surface area contributed by atoms with Crippen molar-refractivity contribution in [3.8, 4) is 0 Å². The van der Waals surface area contributed by atoms with E-state index in [4.69, 9.17) is 4.98 Å².